The lowest BCUT2D eigenvalue weighted by molar-refractivity contribution is -0.114. The van der Waals surface area contributed by atoms with Crippen LogP contribution in [0.3, 0.4) is 0 Å². The summed E-state index contributed by atoms with van der Waals surface area (Å²) in [5.74, 6) is -1.09. The molecule has 1 aromatic carbocycles. The van der Waals surface area contributed by atoms with Crippen LogP contribution in [-0.4, -0.2) is 20.2 Å². The van der Waals surface area contributed by atoms with E-state index in [1.54, 1.807) is 0 Å². The highest BCUT2D eigenvalue weighted by molar-refractivity contribution is 7.90. The van der Waals surface area contributed by atoms with Crippen molar-refractivity contribution in [2.24, 2.45) is 0 Å². The van der Waals surface area contributed by atoms with E-state index in [0.29, 0.717) is 0 Å². The Morgan fingerprint density at radius 2 is 2.06 bits per heavy atom. The second kappa shape index (κ2) is 3.31. The van der Waals surface area contributed by atoms with Crippen LogP contribution in [-0.2, 0) is 14.8 Å². The molecule has 6 nitrogen and oxygen atoms in total. The average molecular weight is 240 g/mol. The molecule has 16 heavy (non-hydrogen) atoms. The smallest absolute Gasteiger partial charge is 0.268 e. The van der Waals surface area contributed by atoms with E-state index >= 15 is 0 Å². The molecule has 84 valence electrons. The standard InChI is InChI=1S/C9H8N2O4S/c1-5(12)10-6-3-2-4-7-8(6)9(13)11-16(7,14)15/h2-4H,1H3,(H,10,12)(H,11,13). The highest BCUT2D eigenvalue weighted by Crippen LogP contribution is 2.28. The largest absolute Gasteiger partial charge is 0.326 e. The SMILES string of the molecule is CC(=O)Nc1cccc2c1C(=O)NS2(=O)=O. The zero-order valence-corrected chi connectivity index (χ0v) is 9.09. The fourth-order valence-electron chi connectivity index (χ4n) is 1.51. The van der Waals surface area contributed by atoms with Gasteiger partial charge in [-0.1, -0.05) is 6.07 Å². The molecule has 0 saturated heterocycles. The molecule has 0 saturated carbocycles. The summed E-state index contributed by atoms with van der Waals surface area (Å²) < 4.78 is 24.8. The van der Waals surface area contributed by atoms with Gasteiger partial charge >= 0.3 is 0 Å². The molecule has 0 radical (unpaired) electrons. The molecular weight excluding hydrogens is 232 g/mol. The summed E-state index contributed by atoms with van der Waals surface area (Å²) >= 11 is 0. The van der Waals surface area contributed by atoms with Gasteiger partial charge in [0.05, 0.1) is 11.3 Å². The molecule has 0 bridgehead atoms. The summed E-state index contributed by atoms with van der Waals surface area (Å²) in [6.07, 6.45) is 0. The summed E-state index contributed by atoms with van der Waals surface area (Å²) in [4.78, 5) is 22.2. The van der Waals surface area contributed by atoms with Crippen molar-refractivity contribution in [2.75, 3.05) is 5.32 Å². The summed E-state index contributed by atoms with van der Waals surface area (Å²) in [6, 6.07) is 4.25. The van der Waals surface area contributed by atoms with Crippen LogP contribution in [0.1, 0.15) is 17.3 Å². The van der Waals surface area contributed by atoms with Gasteiger partial charge in [-0.05, 0) is 12.1 Å². The Labute approximate surface area is 91.7 Å². The number of carbonyl (C=O) groups is 2. The van der Waals surface area contributed by atoms with Gasteiger partial charge in [-0.15, -0.1) is 0 Å². The molecule has 1 aliphatic rings. The molecule has 0 spiro atoms. The number of amides is 2. The lowest BCUT2D eigenvalue weighted by Crippen LogP contribution is -2.21. The molecule has 1 aliphatic heterocycles. The normalized spacial score (nSPS) is 16.4. The molecule has 0 atom stereocenters. The molecule has 0 unspecified atom stereocenters. The molecule has 2 amide bonds. The zero-order chi connectivity index (χ0) is 11.9. The van der Waals surface area contributed by atoms with E-state index in [1.807, 2.05) is 4.72 Å². The van der Waals surface area contributed by atoms with Crippen molar-refractivity contribution in [3.05, 3.63) is 23.8 Å². The van der Waals surface area contributed by atoms with E-state index in [1.165, 1.54) is 25.1 Å². The fourth-order valence-corrected chi connectivity index (χ4v) is 2.70. The van der Waals surface area contributed by atoms with Gasteiger partial charge in [-0.3, -0.25) is 9.59 Å². The van der Waals surface area contributed by atoms with Crippen LogP contribution in [0.4, 0.5) is 5.69 Å². The minimum absolute atomic E-state index is 0.0160. The zero-order valence-electron chi connectivity index (χ0n) is 8.27. The van der Waals surface area contributed by atoms with Gasteiger partial charge in [0.25, 0.3) is 15.9 Å². The Bertz CT molecular complexity index is 592. The van der Waals surface area contributed by atoms with E-state index in [9.17, 15) is 18.0 Å². The Morgan fingerprint density at radius 1 is 1.38 bits per heavy atom. The lowest BCUT2D eigenvalue weighted by atomic mass is 10.1. The molecule has 0 aromatic heterocycles. The third kappa shape index (κ3) is 1.54. The maximum Gasteiger partial charge on any atom is 0.268 e. The minimum atomic E-state index is -3.76. The number of hydrogen-bond acceptors (Lipinski definition) is 4. The van der Waals surface area contributed by atoms with Crippen LogP contribution in [0.15, 0.2) is 23.1 Å². The fraction of sp³-hybridized carbons (Fsp3) is 0.111. The van der Waals surface area contributed by atoms with Crippen LogP contribution >= 0.6 is 0 Å². The van der Waals surface area contributed by atoms with Crippen molar-refractivity contribution in [2.45, 2.75) is 11.8 Å². The predicted octanol–water partition coefficient (Wildman–Crippen LogP) is 0.0771. The maximum atomic E-state index is 11.5. The topological polar surface area (TPSA) is 92.3 Å². The molecule has 1 aromatic rings. The van der Waals surface area contributed by atoms with Crippen LogP contribution in [0.5, 0.6) is 0 Å². The van der Waals surface area contributed by atoms with Crippen molar-refractivity contribution in [3.63, 3.8) is 0 Å². The molecular formula is C9H8N2O4S. The van der Waals surface area contributed by atoms with E-state index in [4.69, 9.17) is 0 Å². The number of hydrogen-bond donors (Lipinski definition) is 2. The number of nitrogens with one attached hydrogen (secondary N) is 2. The first kappa shape index (κ1) is 10.6. The minimum Gasteiger partial charge on any atom is -0.326 e. The summed E-state index contributed by atoms with van der Waals surface area (Å²) in [5.41, 5.74) is 0.182. The molecule has 0 aliphatic carbocycles. The van der Waals surface area contributed by atoms with Gasteiger partial charge in [0, 0.05) is 6.92 Å². The Hall–Kier alpha value is -1.89. The van der Waals surface area contributed by atoms with Gasteiger partial charge < -0.3 is 5.32 Å². The number of carbonyl (C=O) groups excluding carboxylic acids is 2. The van der Waals surface area contributed by atoms with Gasteiger partial charge in [0.2, 0.25) is 5.91 Å². The van der Waals surface area contributed by atoms with Gasteiger partial charge in [-0.25, -0.2) is 13.1 Å². The molecule has 0 fully saturated rings. The van der Waals surface area contributed by atoms with Gasteiger partial charge in [0.1, 0.15) is 4.90 Å². The van der Waals surface area contributed by atoms with Crippen LogP contribution < -0.4 is 10.0 Å². The van der Waals surface area contributed by atoms with E-state index in [-0.39, 0.29) is 22.1 Å². The number of benzene rings is 1. The summed E-state index contributed by atoms with van der Waals surface area (Å²) in [7, 11) is -3.76. The third-order valence-corrected chi connectivity index (χ3v) is 3.45. The van der Waals surface area contributed by atoms with Crippen LogP contribution in [0, 0.1) is 0 Å². The first-order valence-corrected chi connectivity index (χ1v) is 5.88. The quantitative estimate of drug-likeness (QED) is 0.727. The summed E-state index contributed by atoms with van der Waals surface area (Å²) in [6.45, 7) is 1.28. The van der Waals surface area contributed by atoms with Crippen molar-refractivity contribution in [3.8, 4) is 0 Å². The third-order valence-electron chi connectivity index (χ3n) is 2.08. The highest BCUT2D eigenvalue weighted by atomic mass is 32.2. The highest BCUT2D eigenvalue weighted by Gasteiger charge is 2.34. The molecule has 7 heteroatoms. The van der Waals surface area contributed by atoms with E-state index < -0.39 is 15.9 Å². The number of sulfonamides is 1. The van der Waals surface area contributed by atoms with Crippen molar-refractivity contribution in [1.82, 2.24) is 4.72 Å². The molecule has 2 N–H and O–H groups in total. The van der Waals surface area contributed by atoms with Crippen molar-refractivity contribution in [1.29, 1.82) is 0 Å². The summed E-state index contributed by atoms with van der Waals surface area (Å²) in [5, 5.41) is 2.41. The van der Waals surface area contributed by atoms with Crippen LogP contribution in [0.2, 0.25) is 0 Å². The van der Waals surface area contributed by atoms with Crippen molar-refractivity contribution >= 4 is 27.5 Å². The number of fused-ring (bicyclic) bond motifs is 1. The second-order valence-electron chi connectivity index (χ2n) is 3.29. The predicted molar refractivity (Wildman–Crippen MR) is 55.4 cm³/mol. The number of anilines is 1. The molecule has 1 heterocycles. The first-order chi connectivity index (χ1) is 7.42. The van der Waals surface area contributed by atoms with Gasteiger partial charge in [-0.2, -0.15) is 0 Å². The van der Waals surface area contributed by atoms with E-state index in [0.717, 1.165) is 0 Å². The monoisotopic (exact) mass is 240 g/mol. The van der Waals surface area contributed by atoms with Crippen LogP contribution in [0.25, 0.3) is 0 Å². The Kier molecular flexibility index (Phi) is 2.20. The Balaban J connectivity index is 2.66. The number of rotatable bonds is 1. The Morgan fingerprint density at radius 3 is 2.69 bits per heavy atom. The van der Waals surface area contributed by atoms with E-state index in [2.05, 4.69) is 5.32 Å². The maximum absolute atomic E-state index is 11.5. The molecule has 2 rings (SSSR count). The average Bonchev–Trinajstić information content (AvgIpc) is 2.37. The van der Waals surface area contributed by atoms with Crippen molar-refractivity contribution < 1.29 is 18.0 Å². The lowest BCUT2D eigenvalue weighted by Gasteiger charge is -2.04. The van der Waals surface area contributed by atoms with Gasteiger partial charge in [0.15, 0.2) is 0 Å². The first-order valence-electron chi connectivity index (χ1n) is 4.39. The second-order valence-corrected chi connectivity index (χ2v) is 4.95.